The summed E-state index contributed by atoms with van der Waals surface area (Å²) in [5.74, 6) is 2.02. The summed E-state index contributed by atoms with van der Waals surface area (Å²) in [5, 5.41) is 3.05. The fraction of sp³-hybridized carbons (Fsp3) is 0.679. The van der Waals surface area contributed by atoms with Gasteiger partial charge in [-0.2, -0.15) is 0 Å². The van der Waals surface area contributed by atoms with Crippen molar-refractivity contribution >= 4 is 33.4 Å². The highest BCUT2D eigenvalue weighted by Gasteiger charge is 2.48. The predicted molar refractivity (Wildman–Crippen MR) is 145 cm³/mol. The topological polar surface area (TPSA) is 99.2 Å². The summed E-state index contributed by atoms with van der Waals surface area (Å²) in [6.07, 6.45) is 8.28. The van der Waals surface area contributed by atoms with E-state index < -0.39 is 15.6 Å². The normalized spacial score (nSPS) is 26.9. The number of benzene rings is 1. The second kappa shape index (κ2) is 10.5. The van der Waals surface area contributed by atoms with Crippen molar-refractivity contribution in [3.05, 3.63) is 29.3 Å². The summed E-state index contributed by atoms with van der Waals surface area (Å²) < 4.78 is 27.9. The molecule has 0 aromatic heterocycles. The highest BCUT2D eigenvalue weighted by Crippen LogP contribution is 2.36. The Hall–Kier alpha value is -2.26. The van der Waals surface area contributed by atoms with E-state index in [-0.39, 0.29) is 17.6 Å². The molecule has 1 aliphatic carbocycles. The van der Waals surface area contributed by atoms with Gasteiger partial charge in [-0.1, -0.05) is 25.8 Å². The first kappa shape index (κ1) is 26.4. The second-order valence-corrected chi connectivity index (χ2v) is 13.6. The fourth-order valence-electron chi connectivity index (χ4n) is 6.32. The van der Waals surface area contributed by atoms with E-state index in [9.17, 15) is 18.0 Å². The summed E-state index contributed by atoms with van der Waals surface area (Å²) in [7, 11) is -3.45. The van der Waals surface area contributed by atoms with Crippen LogP contribution in [0.4, 0.5) is 5.69 Å². The Balaban J connectivity index is 1.18. The van der Waals surface area contributed by atoms with Crippen LogP contribution >= 0.6 is 0 Å². The lowest BCUT2D eigenvalue weighted by atomic mass is 9.82. The largest absolute Gasteiger partial charge is 0.312 e. The van der Waals surface area contributed by atoms with Crippen molar-refractivity contribution in [1.29, 1.82) is 0 Å². The standard InChI is InChI=1S/C28H40N4O4S/c1-20-6-8-23(9-7-20)26-29-27(34)28(30-26)13-16-31(17-14-28)37(35,36)18-12-22-10-11-24(19-21(22)2)32-15-4-3-5-25(32)33/h10-11,19-20,23H,3-9,12-18H2,1-2H3,(H,29,30,34). The Morgan fingerprint density at radius 3 is 2.46 bits per heavy atom. The first-order chi connectivity index (χ1) is 17.7. The number of rotatable bonds is 6. The summed E-state index contributed by atoms with van der Waals surface area (Å²) in [6.45, 7) is 5.64. The molecular formula is C28H40N4O4S. The molecular weight excluding hydrogens is 488 g/mol. The number of amidine groups is 1. The van der Waals surface area contributed by atoms with Gasteiger partial charge >= 0.3 is 0 Å². The molecule has 0 bridgehead atoms. The number of hydrogen-bond acceptors (Lipinski definition) is 5. The number of carbonyl (C=O) groups excluding carboxylic acids is 2. The van der Waals surface area contributed by atoms with Gasteiger partial charge < -0.3 is 10.2 Å². The van der Waals surface area contributed by atoms with Crippen LogP contribution in [0.2, 0.25) is 0 Å². The first-order valence-corrected chi connectivity index (χ1v) is 15.6. The second-order valence-electron chi connectivity index (χ2n) is 11.5. The van der Waals surface area contributed by atoms with E-state index in [0.717, 1.165) is 73.6 Å². The predicted octanol–water partition coefficient (Wildman–Crippen LogP) is 3.57. The lowest BCUT2D eigenvalue weighted by molar-refractivity contribution is -0.125. The lowest BCUT2D eigenvalue weighted by Gasteiger charge is -2.34. The molecule has 3 fully saturated rings. The van der Waals surface area contributed by atoms with Crippen molar-refractivity contribution in [1.82, 2.24) is 9.62 Å². The van der Waals surface area contributed by atoms with Gasteiger partial charge in [-0.3, -0.25) is 14.6 Å². The number of nitrogens with zero attached hydrogens (tertiary/aromatic N) is 3. The van der Waals surface area contributed by atoms with Gasteiger partial charge in [0.2, 0.25) is 15.9 Å². The van der Waals surface area contributed by atoms with E-state index in [1.54, 1.807) is 0 Å². The molecule has 202 valence electrons. The maximum Gasteiger partial charge on any atom is 0.253 e. The Morgan fingerprint density at radius 1 is 1.05 bits per heavy atom. The number of piperidine rings is 2. The number of amides is 2. The van der Waals surface area contributed by atoms with Crippen molar-refractivity contribution in [2.45, 2.75) is 83.6 Å². The van der Waals surface area contributed by atoms with E-state index >= 15 is 0 Å². The van der Waals surface area contributed by atoms with E-state index in [4.69, 9.17) is 4.99 Å². The number of hydrogen-bond donors (Lipinski definition) is 1. The van der Waals surface area contributed by atoms with Crippen LogP contribution in [0.1, 0.15) is 75.8 Å². The molecule has 9 heteroatoms. The lowest BCUT2D eigenvalue weighted by Crippen LogP contribution is -2.51. The average molecular weight is 529 g/mol. The molecule has 1 N–H and O–H groups in total. The van der Waals surface area contributed by atoms with Crippen LogP contribution in [-0.2, 0) is 26.0 Å². The molecule has 1 aromatic carbocycles. The minimum absolute atomic E-state index is 0.0316. The van der Waals surface area contributed by atoms with Gasteiger partial charge in [0.05, 0.1) is 5.75 Å². The quantitative estimate of drug-likeness (QED) is 0.610. The van der Waals surface area contributed by atoms with Gasteiger partial charge in [-0.15, -0.1) is 0 Å². The van der Waals surface area contributed by atoms with Gasteiger partial charge in [0.15, 0.2) is 0 Å². The molecule has 2 saturated heterocycles. The molecule has 3 heterocycles. The van der Waals surface area contributed by atoms with E-state index in [2.05, 4.69) is 12.2 Å². The molecule has 5 rings (SSSR count). The fourth-order valence-corrected chi connectivity index (χ4v) is 7.79. The van der Waals surface area contributed by atoms with Gasteiger partial charge in [0.1, 0.15) is 11.4 Å². The summed E-state index contributed by atoms with van der Waals surface area (Å²) >= 11 is 0. The van der Waals surface area contributed by atoms with Crippen molar-refractivity contribution in [3.63, 3.8) is 0 Å². The van der Waals surface area contributed by atoms with Gasteiger partial charge in [0, 0.05) is 37.7 Å². The van der Waals surface area contributed by atoms with Crippen LogP contribution in [0.3, 0.4) is 0 Å². The van der Waals surface area contributed by atoms with Gasteiger partial charge in [-0.25, -0.2) is 12.7 Å². The van der Waals surface area contributed by atoms with Crippen LogP contribution in [0, 0.1) is 18.8 Å². The third-order valence-corrected chi connectivity index (χ3v) is 10.8. The molecule has 37 heavy (non-hydrogen) atoms. The SMILES string of the molecule is Cc1cc(N2CCCCC2=O)ccc1CCS(=O)(=O)N1CCC2(CC1)N=C(C1CCC(C)CC1)NC2=O. The smallest absolute Gasteiger partial charge is 0.253 e. The third-order valence-electron chi connectivity index (χ3n) is 8.93. The molecule has 8 nitrogen and oxygen atoms in total. The minimum Gasteiger partial charge on any atom is -0.312 e. The third kappa shape index (κ3) is 5.48. The van der Waals surface area contributed by atoms with Crippen molar-refractivity contribution in [2.24, 2.45) is 16.8 Å². The minimum atomic E-state index is -3.45. The molecule has 2 amide bonds. The Morgan fingerprint density at radius 2 is 1.78 bits per heavy atom. The highest BCUT2D eigenvalue weighted by atomic mass is 32.2. The summed E-state index contributed by atoms with van der Waals surface area (Å²) in [6, 6.07) is 5.89. The Kier molecular flexibility index (Phi) is 7.47. The highest BCUT2D eigenvalue weighted by molar-refractivity contribution is 7.89. The zero-order chi connectivity index (χ0) is 26.2. The first-order valence-electron chi connectivity index (χ1n) is 14.0. The number of aliphatic imine (C=N–C) groups is 1. The molecule has 1 spiro atoms. The van der Waals surface area contributed by atoms with E-state index in [1.165, 1.54) is 4.31 Å². The van der Waals surface area contributed by atoms with E-state index in [1.807, 2.05) is 30.0 Å². The summed E-state index contributed by atoms with van der Waals surface area (Å²) in [5.41, 5.74) is 2.08. The molecule has 0 unspecified atom stereocenters. The maximum absolute atomic E-state index is 13.2. The molecule has 1 aromatic rings. The zero-order valence-electron chi connectivity index (χ0n) is 22.2. The number of anilines is 1. The molecule has 0 radical (unpaired) electrons. The van der Waals surface area contributed by atoms with Crippen molar-refractivity contribution < 1.29 is 18.0 Å². The average Bonchev–Trinajstić information content (AvgIpc) is 3.19. The number of sulfonamides is 1. The van der Waals surface area contributed by atoms with Crippen molar-refractivity contribution in [3.8, 4) is 0 Å². The zero-order valence-corrected chi connectivity index (χ0v) is 23.0. The van der Waals surface area contributed by atoms with Crippen LogP contribution in [0.5, 0.6) is 0 Å². The Bertz CT molecular complexity index is 1180. The number of carbonyl (C=O) groups is 2. The summed E-state index contributed by atoms with van der Waals surface area (Å²) in [4.78, 5) is 31.9. The van der Waals surface area contributed by atoms with E-state index in [0.29, 0.717) is 44.7 Å². The van der Waals surface area contributed by atoms with Crippen LogP contribution in [0.15, 0.2) is 23.2 Å². The van der Waals surface area contributed by atoms with Gasteiger partial charge in [-0.05, 0) is 81.0 Å². The van der Waals surface area contributed by atoms with Crippen molar-refractivity contribution in [2.75, 3.05) is 30.3 Å². The van der Waals surface area contributed by atoms with Crippen LogP contribution < -0.4 is 10.2 Å². The monoisotopic (exact) mass is 528 g/mol. The molecule has 0 atom stereocenters. The Labute approximate surface area is 220 Å². The molecule has 4 aliphatic rings. The van der Waals surface area contributed by atoms with Crippen LogP contribution in [0.25, 0.3) is 0 Å². The van der Waals surface area contributed by atoms with Gasteiger partial charge in [0.25, 0.3) is 5.91 Å². The van der Waals surface area contributed by atoms with Crippen LogP contribution in [-0.4, -0.2) is 61.3 Å². The maximum atomic E-state index is 13.2. The number of aryl methyl sites for hydroxylation is 2. The number of nitrogens with one attached hydrogen (secondary N) is 1. The molecule has 3 aliphatic heterocycles. The molecule has 1 saturated carbocycles.